The van der Waals surface area contributed by atoms with E-state index in [0.717, 1.165) is 54.1 Å². The number of rotatable bonds is 21. The number of nitrogens with two attached hydrogens (primary N) is 2. The lowest BCUT2D eigenvalue weighted by Crippen LogP contribution is -2.64. The molecule has 0 radical (unpaired) electrons. The van der Waals surface area contributed by atoms with Gasteiger partial charge in [0.1, 0.15) is 102 Å². The standard InChI is InChI=1S/C87H104Cl2N8O29/c1-37(2)22-52(92-5)82(114)95-68-55(102)26-44(29-63(90)104)80(112)93-66-43-27-60(120-57-18-15-41(70(68)105)24-50(57)88)77(125-86-75(110)73(108)78(62(36-98)123-86)126-85-74(109)72(107)71(106)59(122-85)13-9-12-46-35-97(20-21-118-46)34-39-10-7-6-8-11-39)61(28-43)121-58-19-16-42(25-51(58)89)76(124-64-33-87(4,91)79(111)38(3)119-64)69-83(115)94-67(84(116)117)49-30-45(99)31-54(101)65(49)48-23-40(14-17-53(48)100)47(32-56(66)103)81(113)96-69/h6-8,10-11,14-19,23-25,27-28,30-31,37-38,44,46-47,52,59,62,64,66-76,78-79,85-86,92,98-101,105-111H,9,12-13,20-22,26,29,32-36,91H2,1-5H3,(H2,90,104)(H,93,112)(H,94,115)(H,95,114)(H,96,113)(H,116,117)/t38-,44-,46?,47-,52+,59+,62+,64-,66+,67-,68?,69-,70+,71-,72-,73+,74+,75+,76+,78+,79-,85-,86-,87-/m0/s1. The third kappa shape index (κ3) is 21.0. The van der Waals surface area contributed by atoms with Crippen molar-refractivity contribution in [1.82, 2.24) is 31.5 Å². The van der Waals surface area contributed by atoms with E-state index >= 15 is 24.0 Å². The summed E-state index contributed by atoms with van der Waals surface area (Å²) in [4.78, 5) is 123. The predicted octanol–water partition coefficient (Wildman–Crippen LogP) is 2.99. The van der Waals surface area contributed by atoms with Crippen molar-refractivity contribution in [1.29, 1.82) is 0 Å². The first-order valence-corrected chi connectivity index (χ1v) is 42.1. The fraction of sp³-hybridized carbons (Fsp3) is 0.494. The van der Waals surface area contributed by atoms with Crippen molar-refractivity contribution in [2.45, 2.75) is 225 Å². The normalized spacial score (nSPS) is 31.2. The summed E-state index contributed by atoms with van der Waals surface area (Å²) in [5.41, 5.74) is 9.64. The van der Waals surface area contributed by atoms with E-state index in [1.54, 1.807) is 0 Å². The number of likely N-dealkylation sites (N-methyl/N-ethyl adjacent to an activating group) is 1. The number of halogens is 2. The van der Waals surface area contributed by atoms with E-state index in [1.165, 1.54) is 51.2 Å². The van der Waals surface area contributed by atoms with Crippen molar-refractivity contribution in [2.75, 3.05) is 33.4 Å². The van der Waals surface area contributed by atoms with Crippen LogP contribution in [0.25, 0.3) is 11.1 Å². The van der Waals surface area contributed by atoms with Crippen LogP contribution in [-0.4, -0.2) is 256 Å². The molecule has 6 aromatic carbocycles. The highest BCUT2D eigenvalue weighted by Crippen LogP contribution is 2.51. The molecule has 11 bridgehead atoms. The van der Waals surface area contributed by atoms with E-state index < -0.39 is 280 Å². The zero-order chi connectivity index (χ0) is 90.8. The molecule has 0 spiro atoms. The summed E-state index contributed by atoms with van der Waals surface area (Å²) >= 11 is 14.6. The Hall–Kier alpha value is -9.82. The molecule has 37 nitrogen and oxygen atoms in total. The van der Waals surface area contributed by atoms with E-state index in [9.17, 15) is 75.7 Å². The van der Waals surface area contributed by atoms with E-state index in [4.69, 9.17) is 77.3 Å². The number of carboxylic acid groups (broad SMARTS) is 1. The van der Waals surface area contributed by atoms with Crippen molar-refractivity contribution >= 4 is 70.3 Å². The molecule has 126 heavy (non-hydrogen) atoms. The molecule has 4 fully saturated rings. The lowest BCUT2D eigenvalue weighted by molar-refractivity contribution is -0.351. The smallest absolute Gasteiger partial charge is 0.330 e. The number of aliphatic hydroxyl groups excluding tert-OH is 8. The van der Waals surface area contributed by atoms with Gasteiger partial charge in [-0.05, 0) is 135 Å². The first-order chi connectivity index (χ1) is 59.9. The number of fused-ring (bicyclic) bond motifs is 15. The minimum absolute atomic E-state index is 0.0968. The summed E-state index contributed by atoms with van der Waals surface area (Å²) in [7, 11) is 1.49. The van der Waals surface area contributed by atoms with Crippen molar-refractivity contribution < 1.29 is 142 Å². The number of hydrogen-bond donors (Lipinski definition) is 19. The van der Waals surface area contributed by atoms with Gasteiger partial charge in [0.15, 0.2) is 41.7 Å². The number of carbonyl (C=O) groups excluding carboxylic acids is 7. The van der Waals surface area contributed by atoms with Gasteiger partial charge in [0.2, 0.25) is 41.6 Å². The first kappa shape index (κ1) is 93.8. The molecular weight excluding hydrogens is 1690 g/mol. The number of nitrogens with one attached hydrogen (secondary N) is 5. The number of phenolic OH excluding ortho intramolecular Hbond substituents is 3. The van der Waals surface area contributed by atoms with Crippen LogP contribution in [0.4, 0.5) is 0 Å². The van der Waals surface area contributed by atoms with Crippen molar-refractivity contribution in [3.8, 4) is 57.1 Å². The Balaban J connectivity index is 0.956. The molecular formula is C87H104Cl2N8O29. The number of hydrogen-bond acceptors (Lipinski definition) is 31. The Morgan fingerprint density at radius 3 is 2.02 bits per heavy atom. The number of amides is 5. The monoisotopic (exact) mass is 1790 g/mol. The van der Waals surface area contributed by atoms with Gasteiger partial charge in [-0.2, -0.15) is 0 Å². The lowest BCUT2D eigenvalue weighted by Gasteiger charge is -2.46. The molecule has 680 valence electrons. The van der Waals surface area contributed by atoms with Gasteiger partial charge in [-0.25, -0.2) is 4.79 Å². The van der Waals surface area contributed by atoms with Crippen molar-refractivity contribution in [3.63, 3.8) is 0 Å². The predicted molar refractivity (Wildman–Crippen MR) is 443 cm³/mol. The molecule has 9 heterocycles. The van der Waals surface area contributed by atoms with Crippen LogP contribution >= 0.6 is 23.2 Å². The minimum Gasteiger partial charge on any atom is -0.508 e. The lowest BCUT2D eigenvalue weighted by atomic mass is 9.84. The number of carboxylic acids is 1. The van der Waals surface area contributed by atoms with E-state index in [-0.39, 0.29) is 58.7 Å². The molecule has 21 N–H and O–H groups in total. The maximum absolute atomic E-state index is 16.6. The molecule has 24 atom stereocenters. The number of nitrogens with zero attached hydrogens (tertiary/aromatic N) is 1. The van der Waals surface area contributed by atoms with Gasteiger partial charge in [-0.3, -0.25) is 38.5 Å². The fourth-order valence-electron chi connectivity index (χ4n) is 17.1. The molecule has 2 unspecified atom stereocenters. The summed E-state index contributed by atoms with van der Waals surface area (Å²) in [5, 5.41) is 152. The number of benzene rings is 6. The number of aliphatic hydroxyl groups is 8. The van der Waals surface area contributed by atoms with Crippen molar-refractivity contribution in [3.05, 3.63) is 153 Å². The number of phenols is 3. The SMILES string of the molecule is CN[C@H](CC(C)C)C(=O)NC1C(=O)C[C@@H](CC(N)=O)C(=O)N[C@H]2C(=O)C[C@@H]3C(=O)N[C@H](C(=O)N[C@H](C(=O)O)c4cc(O)cc(O)c4-c4cc3ccc4O)[C@H](O[C@H]3C[C@](C)(N)[C@@H](O)[C@H](C)O3)c3ccc(c(Cl)c3)Oc3cc2cc(c3O[C@@H]2O[C@H](CO)[C@@H](O[C@@H]3O[C@H](CCCC4CN(Cc5ccccc5)CCO4)[C@H](O)[C@H](O)[C@H]3O)[C@H](O)[C@H]2O)Oc2ccc(cc2Cl)[C@H]1O. The van der Waals surface area contributed by atoms with E-state index in [0.29, 0.717) is 39.1 Å². The summed E-state index contributed by atoms with van der Waals surface area (Å²) in [6.07, 6.45) is -29.6. The molecule has 15 rings (SSSR count). The quantitative estimate of drug-likeness (QED) is 0.0492. The maximum atomic E-state index is 16.6. The third-order valence-corrected chi connectivity index (χ3v) is 24.4. The molecule has 0 saturated carbocycles. The average Bonchev–Trinajstić information content (AvgIpc) is 0.766. The van der Waals surface area contributed by atoms with Crippen LogP contribution in [0.5, 0.6) is 46.0 Å². The summed E-state index contributed by atoms with van der Waals surface area (Å²) in [5.74, 6) is -19.2. The molecule has 39 heteroatoms. The topological polar surface area (TPSA) is 578 Å². The molecule has 0 aliphatic carbocycles. The van der Waals surface area contributed by atoms with Gasteiger partial charge in [-0.1, -0.05) is 85.6 Å². The molecule has 9 aliphatic heterocycles. The molecule has 5 amide bonds. The number of carbonyl (C=O) groups is 8. The Morgan fingerprint density at radius 2 is 1.37 bits per heavy atom. The van der Waals surface area contributed by atoms with Crippen LogP contribution in [0, 0.1) is 11.8 Å². The van der Waals surface area contributed by atoms with Crippen LogP contribution in [0.1, 0.15) is 143 Å². The number of primary amides is 1. The van der Waals surface area contributed by atoms with E-state index in [1.807, 2.05) is 44.2 Å². The second-order valence-electron chi connectivity index (χ2n) is 33.6. The number of morpholine rings is 1. The number of aliphatic carboxylic acids is 1. The Kier molecular flexibility index (Phi) is 29.6. The van der Waals surface area contributed by atoms with Crippen LogP contribution < -0.4 is 52.3 Å². The first-order valence-electron chi connectivity index (χ1n) is 41.3. The highest BCUT2D eigenvalue weighted by Gasteiger charge is 2.53. The minimum atomic E-state index is -2.33. The zero-order valence-electron chi connectivity index (χ0n) is 69.1. The fourth-order valence-corrected chi connectivity index (χ4v) is 17.5. The Morgan fingerprint density at radius 1 is 0.698 bits per heavy atom. The number of aromatic hydroxyl groups is 3. The molecule has 0 aromatic heterocycles. The summed E-state index contributed by atoms with van der Waals surface area (Å²) in [6, 6.07) is 14.4. The Bertz CT molecular complexity index is 5010. The largest absolute Gasteiger partial charge is 0.508 e. The highest BCUT2D eigenvalue weighted by atomic mass is 35.5. The highest BCUT2D eigenvalue weighted by molar-refractivity contribution is 6.32. The number of ether oxygens (including phenoxy) is 9. The van der Waals surface area contributed by atoms with Gasteiger partial charge >= 0.3 is 5.97 Å². The molecule has 4 saturated heterocycles. The average molecular weight is 1800 g/mol. The maximum Gasteiger partial charge on any atom is 0.330 e. The molecule has 6 aromatic rings. The van der Waals surface area contributed by atoms with Crippen molar-refractivity contribution in [2.24, 2.45) is 23.3 Å². The number of Topliss-reactive ketones (excluding diaryl/α,β-unsaturated/α-hetero) is 2. The zero-order valence-corrected chi connectivity index (χ0v) is 70.6. The van der Waals surface area contributed by atoms with Gasteiger partial charge in [0.25, 0.3) is 0 Å². The summed E-state index contributed by atoms with van der Waals surface area (Å²) in [6.45, 7) is 7.97. The second-order valence-corrected chi connectivity index (χ2v) is 34.4. The van der Waals surface area contributed by atoms with Gasteiger partial charge < -0.3 is 142 Å². The Labute approximate surface area is 732 Å². The summed E-state index contributed by atoms with van der Waals surface area (Å²) < 4.78 is 57.7. The van der Waals surface area contributed by atoms with Gasteiger partial charge in [0.05, 0.1) is 65.6 Å². The van der Waals surface area contributed by atoms with Crippen LogP contribution in [0.3, 0.4) is 0 Å². The van der Waals surface area contributed by atoms with Crippen LogP contribution in [0.15, 0.2) is 109 Å². The van der Waals surface area contributed by atoms with E-state index in [2.05, 4.69) is 31.5 Å². The van der Waals surface area contributed by atoms with Crippen LogP contribution in [0.2, 0.25) is 10.0 Å². The number of ketones is 2. The van der Waals surface area contributed by atoms with Crippen LogP contribution in [-0.2, 0) is 73.3 Å². The van der Waals surface area contributed by atoms with Gasteiger partial charge in [-0.15, -0.1) is 0 Å². The second kappa shape index (κ2) is 39.8. The van der Waals surface area contributed by atoms with Gasteiger partial charge in [0, 0.05) is 73.6 Å². The third-order valence-electron chi connectivity index (χ3n) is 23.8. The molecule has 9 aliphatic rings.